The SMILES string of the molecule is CC.C\C=C/C=C\C=C\C(C(=O)O)N(C)CCC(C)O. The maximum absolute atomic E-state index is 11.1. The number of hydrogen-bond acceptors (Lipinski definition) is 3. The topological polar surface area (TPSA) is 60.8 Å². The second-order valence-corrected chi connectivity index (χ2v) is 4.20. The van der Waals surface area contributed by atoms with Crippen LogP contribution in [0.5, 0.6) is 0 Å². The van der Waals surface area contributed by atoms with Crippen molar-refractivity contribution in [2.75, 3.05) is 13.6 Å². The van der Waals surface area contributed by atoms with Gasteiger partial charge in [0.15, 0.2) is 0 Å². The predicted molar refractivity (Wildman–Crippen MR) is 84.8 cm³/mol. The highest BCUT2D eigenvalue weighted by molar-refractivity contribution is 5.75. The quantitative estimate of drug-likeness (QED) is 0.672. The summed E-state index contributed by atoms with van der Waals surface area (Å²) in [5, 5.41) is 18.3. The summed E-state index contributed by atoms with van der Waals surface area (Å²) in [7, 11) is 1.74. The Bertz CT molecular complexity index is 320. The van der Waals surface area contributed by atoms with Crippen molar-refractivity contribution < 1.29 is 15.0 Å². The second kappa shape index (κ2) is 14.0. The predicted octanol–water partition coefficient (Wildman–Crippen LogP) is 2.86. The molecule has 0 aromatic carbocycles. The molecule has 0 bridgehead atoms. The molecule has 0 heterocycles. The molecule has 0 saturated carbocycles. The van der Waals surface area contributed by atoms with E-state index in [-0.39, 0.29) is 0 Å². The van der Waals surface area contributed by atoms with Crippen molar-refractivity contribution in [2.45, 2.75) is 46.3 Å². The Kier molecular flexibility index (Phi) is 14.7. The van der Waals surface area contributed by atoms with Gasteiger partial charge in [0, 0.05) is 6.54 Å². The van der Waals surface area contributed by atoms with E-state index in [2.05, 4.69) is 0 Å². The molecule has 2 N–H and O–H groups in total. The zero-order chi connectivity index (χ0) is 16.0. The van der Waals surface area contributed by atoms with E-state index in [9.17, 15) is 9.90 Å². The van der Waals surface area contributed by atoms with Gasteiger partial charge in [-0.05, 0) is 27.3 Å². The molecule has 0 aromatic rings. The third kappa shape index (κ3) is 11.7. The number of rotatable bonds is 8. The summed E-state index contributed by atoms with van der Waals surface area (Å²) >= 11 is 0. The van der Waals surface area contributed by atoms with Gasteiger partial charge in [0.25, 0.3) is 0 Å². The minimum atomic E-state index is -0.890. The van der Waals surface area contributed by atoms with E-state index in [4.69, 9.17) is 5.11 Å². The van der Waals surface area contributed by atoms with E-state index in [0.29, 0.717) is 13.0 Å². The maximum atomic E-state index is 11.1. The Morgan fingerprint density at radius 2 is 1.75 bits per heavy atom. The molecule has 0 aliphatic carbocycles. The molecule has 116 valence electrons. The van der Waals surface area contributed by atoms with Crippen LogP contribution in [-0.4, -0.2) is 46.8 Å². The van der Waals surface area contributed by atoms with Crippen LogP contribution in [0.15, 0.2) is 36.5 Å². The molecule has 0 radical (unpaired) electrons. The average molecular weight is 283 g/mol. The van der Waals surface area contributed by atoms with Gasteiger partial charge in [0.2, 0.25) is 0 Å². The van der Waals surface area contributed by atoms with Gasteiger partial charge < -0.3 is 10.2 Å². The van der Waals surface area contributed by atoms with Crippen molar-refractivity contribution in [3.8, 4) is 0 Å². The highest BCUT2D eigenvalue weighted by Gasteiger charge is 2.19. The van der Waals surface area contributed by atoms with Gasteiger partial charge in [0.1, 0.15) is 6.04 Å². The van der Waals surface area contributed by atoms with Gasteiger partial charge in [-0.25, -0.2) is 0 Å². The first kappa shape index (κ1) is 20.9. The van der Waals surface area contributed by atoms with Crippen molar-refractivity contribution in [1.82, 2.24) is 4.90 Å². The van der Waals surface area contributed by atoms with Crippen LogP contribution in [0.25, 0.3) is 0 Å². The van der Waals surface area contributed by atoms with Crippen molar-refractivity contribution in [1.29, 1.82) is 0 Å². The molecular weight excluding hydrogens is 254 g/mol. The fraction of sp³-hybridized carbons (Fsp3) is 0.562. The molecule has 0 saturated heterocycles. The van der Waals surface area contributed by atoms with E-state index in [0.717, 1.165) is 0 Å². The van der Waals surface area contributed by atoms with Gasteiger partial charge in [-0.3, -0.25) is 9.69 Å². The second-order valence-electron chi connectivity index (χ2n) is 4.20. The Balaban J connectivity index is 0. The number of allylic oxidation sites excluding steroid dienone is 5. The largest absolute Gasteiger partial charge is 0.480 e. The molecule has 0 spiro atoms. The first-order valence-corrected chi connectivity index (χ1v) is 7.06. The van der Waals surface area contributed by atoms with Crippen molar-refractivity contribution in [3.63, 3.8) is 0 Å². The lowest BCUT2D eigenvalue weighted by atomic mass is 10.2. The number of aliphatic carboxylic acids is 1. The summed E-state index contributed by atoms with van der Waals surface area (Å²) in [5.74, 6) is -0.890. The monoisotopic (exact) mass is 283 g/mol. The van der Waals surface area contributed by atoms with Crippen LogP contribution in [-0.2, 0) is 4.79 Å². The number of likely N-dealkylation sites (N-methyl/N-ethyl adjacent to an activating group) is 1. The van der Waals surface area contributed by atoms with Gasteiger partial charge in [0.05, 0.1) is 6.10 Å². The summed E-state index contributed by atoms with van der Waals surface area (Å²) in [6.07, 6.45) is 10.9. The van der Waals surface area contributed by atoms with E-state index in [1.165, 1.54) is 0 Å². The third-order valence-corrected chi connectivity index (χ3v) is 2.45. The average Bonchev–Trinajstić information content (AvgIpc) is 2.42. The Morgan fingerprint density at radius 3 is 2.20 bits per heavy atom. The highest BCUT2D eigenvalue weighted by atomic mass is 16.4. The lowest BCUT2D eigenvalue weighted by Crippen LogP contribution is -2.38. The number of carboxylic acids is 1. The van der Waals surface area contributed by atoms with Gasteiger partial charge in [-0.1, -0.05) is 50.3 Å². The number of aliphatic hydroxyl groups is 1. The number of carboxylic acid groups (broad SMARTS) is 1. The molecule has 4 heteroatoms. The zero-order valence-electron chi connectivity index (χ0n) is 13.3. The highest BCUT2D eigenvalue weighted by Crippen LogP contribution is 2.02. The van der Waals surface area contributed by atoms with Crippen molar-refractivity contribution in [3.05, 3.63) is 36.5 Å². The molecule has 0 rings (SSSR count). The lowest BCUT2D eigenvalue weighted by Gasteiger charge is -2.22. The molecule has 4 nitrogen and oxygen atoms in total. The fourth-order valence-corrected chi connectivity index (χ4v) is 1.36. The first-order valence-electron chi connectivity index (χ1n) is 7.06. The Hall–Kier alpha value is -1.39. The third-order valence-electron chi connectivity index (χ3n) is 2.45. The lowest BCUT2D eigenvalue weighted by molar-refractivity contribution is -0.141. The molecule has 0 fully saturated rings. The van der Waals surface area contributed by atoms with Crippen molar-refractivity contribution >= 4 is 5.97 Å². The van der Waals surface area contributed by atoms with Gasteiger partial charge >= 0.3 is 5.97 Å². The fourth-order valence-electron chi connectivity index (χ4n) is 1.36. The summed E-state index contributed by atoms with van der Waals surface area (Å²) in [4.78, 5) is 12.8. The summed E-state index contributed by atoms with van der Waals surface area (Å²) in [6.45, 7) is 8.15. The molecule has 0 aliphatic heterocycles. The summed E-state index contributed by atoms with van der Waals surface area (Å²) < 4.78 is 0. The van der Waals surface area contributed by atoms with Crippen LogP contribution < -0.4 is 0 Å². The van der Waals surface area contributed by atoms with Crippen LogP contribution in [0.3, 0.4) is 0 Å². The van der Waals surface area contributed by atoms with E-state index in [1.54, 1.807) is 37.1 Å². The normalized spacial score (nSPS) is 14.8. The summed E-state index contributed by atoms with van der Waals surface area (Å²) in [6, 6.07) is -0.668. The number of aliphatic hydroxyl groups excluding tert-OH is 1. The Labute approximate surface area is 123 Å². The standard InChI is InChI=1S/C14H23NO3.C2H6/c1-4-5-6-7-8-9-13(14(17)18)15(3)11-10-12(2)16;1-2/h4-9,12-13,16H,10-11H2,1-3H3,(H,17,18);1-2H3/b5-4-,7-6-,9-8+;. The molecular formula is C16H29NO3. The van der Waals surface area contributed by atoms with Crippen LogP contribution in [0.1, 0.15) is 34.1 Å². The van der Waals surface area contributed by atoms with Crippen LogP contribution >= 0.6 is 0 Å². The minimum Gasteiger partial charge on any atom is -0.480 e. The van der Waals surface area contributed by atoms with Crippen LogP contribution in [0, 0.1) is 0 Å². The zero-order valence-corrected chi connectivity index (χ0v) is 13.3. The van der Waals surface area contributed by atoms with Crippen LogP contribution in [0.4, 0.5) is 0 Å². The maximum Gasteiger partial charge on any atom is 0.324 e. The number of nitrogens with zero attached hydrogens (tertiary/aromatic N) is 1. The molecule has 2 unspecified atom stereocenters. The van der Waals surface area contributed by atoms with E-state index < -0.39 is 18.1 Å². The van der Waals surface area contributed by atoms with Crippen LogP contribution in [0.2, 0.25) is 0 Å². The summed E-state index contributed by atoms with van der Waals surface area (Å²) in [5.41, 5.74) is 0. The molecule has 20 heavy (non-hydrogen) atoms. The molecule has 0 aliphatic rings. The smallest absolute Gasteiger partial charge is 0.324 e. The number of hydrogen-bond donors (Lipinski definition) is 2. The molecule has 2 atom stereocenters. The number of carbonyl (C=O) groups is 1. The van der Waals surface area contributed by atoms with E-state index in [1.807, 2.05) is 39.0 Å². The van der Waals surface area contributed by atoms with Crippen molar-refractivity contribution in [2.24, 2.45) is 0 Å². The Morgan fingerprint density at radius 1 is 1.20 bits per heavy atom. The molecule has 0 amide bonds. The van der Waals surface area contributed by atoms with Gasteiger partial charge in [-0.15, -0.1) is 0 Å². The first-order chi connectivity index (χ1) is 9.49. The van der Waals surface area contributed by atoms with E-state index >= 15 is 0 Å². The van der Waals surface area contributed by atoms with Gasteiger partial charge in [-0.2, -0.15) is 0 Å². The minimum absolute atomic E-state index is 0.416. The molecule has 0 aromatic heterocycles.